The Kier molecular flexibility index (Phi) is 20.4. The van der Waals surface area contributed by atoms with E-state index in [1.54, 1.807) is 18.2 Å². The number of allylic oxidation sites excluding steroid dienone is 2. The van der Waals surface area contributed by atoms with Crippen LogP contribution in [0.4, 0.5) is 0 Å². The molecule has 1 saturated heterocycles. The third kappa shape index (κ3) is 13.7. The number of rotatable bonds is 15. The van der Waals surface area contributed by atoms with Crippen LogP contribution in [-0.2, 0) is 35.9 Å². The van der Waals surface area contributed by atoms with Crippen molar-refractivity contribution in [2.75, 3.05) is 6.61 Å². The lowest BCUT2D eigenvalue weighted by Gasteiger charge is -2.59. The van der Waals surface area contributed by atoms with Crippen LogP contribution < -0.4 is 10.6 Å². The van der Waals surface area contributed by atoms with Gasteiger partial charge in [0.05, 0.1) is 54.7 Å². The smallest absolute Gasteiger partial charge is 0.303 e. The fraction of sp³-hybridized carbons (Fsp3) is 0.603. The van der Waals surface area contributed by atoms with Crippen LogP contribution in [0.2, 0.25) is 0 Å². The zero-order valence-corrected chi connectivity index (χ0v) is 45.1. The van der Waals surface area contributed by atoms with E-state index in [1.807, 2.05) is 69.3 Å². The molecule has 4 heterocycles. The summed E-state index contributed by atoms with van der Waals surface area (Å²) >= 11 is 0. The van der Waals surface area contributed by atoms with Crippen molar-refractivity contribution in [3.63, 3.8) is 0 Å². The number of phenols is 1. The quantitative estimate of drug-likeness (QED) is 0.0661. The number of aryl methyl sites for hydroxylation is 2. The lowest BCUT2D eigenvalue weighted by atomic mass is 9.52. The first-order valence-electron chi connectivity index (χ1n) is 28.3. The van der Waals surface area contributed by atoms with Crippen molar-refractivity contribution >= 4 is 5.97 Å². The van der Waals surface area contributed by atoms with Crippen LogP contribution >= 0.6 is 0 Å². The minimum absolute atomic E-state index is 0.0173. The minimum atomic E-state index is -1.63. The maximum absolute atomic E-state index is 14.5. The maximum Gasteiger partial charge on any atom is 0.303 e. The summed E-state index contributed by atoms with van der Waals surface area (Å²) < 4.78 is 0. The largest absolute Gasteiger partial charge is 0.508 e. The van der Waals surface area contributed by atoms with Crippen LogP contribution in [0.25, 0.3) is 0 Å². The number of aliphatic hydroxyl groups is 7. The molecule has 410 valence electrons. The van der Waals surface area contributed by atoms with Gasteiger partial charge < -0.3 is 56.6 Å². The second-order valence-electron chi connectivity index (χ2n) is 23.0. The van der Waals surface area contributed by atoms with Crippen molar-refractivity contribution in [3.8, 4) is 17.6 Å². The molecule has 11 N–H and O–H groups in total. The van der Waals surface area contributed by atoms with Gasteiger partial charge in [-0.3, -0.25) is 4.79 Å². The summed E-state index contributed by atoms with van der Waals surface area (Å²) in [4.78, 5) is 12.8. The standard InChI is InChI=1S/C63H88N2O10/c1-5-7-16-55(69)56(70)31-24-46-23-22-45-14-11-13-44(6-2)50(45)15-12-35-63(61(4,75)62(33-9-8-10-34-62)47-25-27-48(67)28-26-47)39-43-20-18-42(19-21-43)36-58(72)51-29-17-41(3)64-60(53(51)38-59(73)74)57(71)32-30-54(65-63)52(46)37-49(68)40-66/h11,13-14,18-21,24-28,31,41,49,51,53-58,60,64-72,75H,5-10,16-17,22-23,29-30,32-40H2,1-4H3,(H,73,74)/b31-24+,52-46+/t41-,49+,51-,53-,54-,55+,56-,57-,58-,60-,61+,63-/m1/s1. The van der Waals surface area contributed by atoms with Gasteiger partial charge in [0.2, 0.25) is 0 Å². The lowest BCUT2D eigenvalue weighted by molar-refractivity contribution is -0.139. The highest BCUT2D eigenvalue weighted by atomic mass is 16.4. The SMILES string of the molecule is CCCC[C@H](O)[C@H](O)/C=C/C1=C(\C[C@H](O)CO)[C@H]2CC[C@@H](O)[C@@H]3N[C@H](C)CC[C@H]([C@H]3CC(=O)O)[C@H](O)Cc3ccc(cc3)C[C@@]([C@@](C)(O)C3(c4ccc(O)cc4)CCCCC3)(CC#Cc3c(CC)cccc3CC1)N2. The van der Waals surface area contributed by atoms with Gasteiger partial charge in [-0.15, -0.1) is 0 Å². The molecule has 3 aromatic rings. The number of aliphatic carboxylic acids is 1. The van der Waals surface area contributed by atoms with Crippen LogP contribution in [0.3, 0.4) is 0 Å². The molecule has 0 spiro atoms. The van der Waals surface area contributed by atoms with Crippen LogP contribution in [0, 0.1) is 23.7 Å². The summed E-state index contributed by atoms with van der Waals surface area (Å²) in [6, 6.07) is 20.0. The van der Waals surface area contributed by atoms with Crippen molar-refractivity contribution in [1.82, 2.24) is 10.6 Å². The summed E-state index contributed by atoms with van der Waals surface area (Å²) in [5, 5.41) is 114. The molecule has 3 aromatic carbocycles. The van der Waals surface area contributed by atoms with E-state index in [9.17, 15) is 50.8 Å². The van der Waals surface area contributed by atoms with Gasteiger partial charge in [-0.25, -0.2) is 0 Å². The molecule has 0 radical (unpaired) electrons. The average molecular weight is 1030 g/mol. The lowest BCUT2D eigenvalue weighted by Crippen LogP contribution is -2.73. The van der Waals surface area contributed by atoms with E-state index in [1.165, 1.54) is 0 Å². The van der Waals surface area contributed by atoms with Gasteiger partial charge >= 0.3 is 5.97 Å². The molecule has 6 bridgehead atoms. The van der Waals surface area contributed by atoms with Crippen LogP contribution in [0.5, 0.6) is 5.75 Å². The molecule has 4 aliphatic heterocycles. The van der Waals surface area contributed by atoms with E-state index < -0.39 is 83.6 Å². The predicted molar refractivity (Wildman–Crippen MR) is 294 cm³/mol. The Balaban J connectivity index is 1.56. The number of carbonyl (C=O) groups is 1. The molecule has 12 heteroatoms. The predicted octanol–water partition coefficient (Wildman–Crippen LogP) is 7.65. The van der Waals surface area contributed by atoms with E-state index >= 15 is 0 Å². The second-order valence-corrected chi connectivity index (χ2v) is 23.0. The molecule has 0 aromatic heterocycles. The van der Waals surface area contributed by atoms with Gasteiger partial charge in [0.25, 0.3) is 0 Å². The molecule has 12 atom stereocenters. The number of fused-ring (bicyclic) bond motifs is 6. The zero-order valence-electron chi connectivity index (χ0n) is 45.1. The van der Waals surface area contributed by atoms with Crippen LogP contribution in [0.1, 0.15) is 164 Å². The Labute approximate surface area is 446 Å². The van der Waals surface area contributed by atoms with E-state index in [0.717, 1.165) is 77.5 Å². The van der Waals surface area contributed by atoms with Crippen LogP contribution in [0.15, 0.2) is 90.0 Å². The topological polar surface area (TPSA) is 223 Å². The molecule has 12 nitrogen and oxygen atoms in total. The van der Waals surface area contributed by atoms with Crippen molar-refractivity contribution in [2.24, 2.45) is 11.8 Å². The number of phenolic OH excluding ortho intramolecular Hbond substituents is 1. The number of benzene rings is 3. The summed E-state index contributed by atoms with van der Waals surface area (Å²) in [7, 11) is 0. The highest BCUT2D eigenvalue weighted by Gasteiger charge is 2.60. The van der Waals surface area contributed by atoms with Crippen LogP contribution in [-0.4, -0.2) is 118 Å². The Hall–Kier alpha value is -4.39. The van der Waals surface area contributed by atoms with Crippen molar-refractivity contribution in [3.05, 3.63) is 123 Å². The second kappa shape index (κ2) is 26.3. The summed E-state index contributed by atoms with van der Waals surface area (Å²) in [6.45, 7) is 7.55. The van der Waals surface area contributed by atoms with Crippen molar-refractivity contribution in [2.45, 2.75) is 221 Å². The Morgan fingerprint density at radius 1 is 0.907 bits per heavy atom. The van der Waals surface area contributed by atoms with Gasteiger partial charge in [0, 0.05) is 35.5 Å². The monoisotopic (exact) mass is 1030 g/mol. The Bertz CT molecular complexity index is 2450. The average Bonchev–Trinajstić information content (AvgIpc) is 3.58. The number of hydrogen-bond acceptors (Lipinski definition) is 11. The molecular weight excluding hydrogens is 945 g/mol. The molecule has 0 amide bonds. The van der Waals surface area contributed by atoms with Gasteiger partial charge in [-0.05, 0) is 160 Å². The summed E-state index contributed by atoms with van der Waals surface area (Å²) in [6.07, 6.45) is 7.67. The van der Waals surface area contributed by atoms with Gasteiger partial charge in [0.15, 0.2) is 0 Å². The van der Waals surface area contributed by atoms with Crippen molar-refractivity contribution in [1.29, 1.82) is 0 Å². The molecule has 1 saturated carbocycles. The summed E-state index contributed by atoms with van der Waals surface area (Å²) in [5.74, 6) is 5.38. The molecule has 5 aliphatic rings. The molecule has 75 heavy (non-hydrogen) atoms. The number of hydrogen-bond donors (Lipinski definition) is 11. The molecule has 2 fully saturated rings. The third-order valence-electron chi connectivity index (χ3n) is 18.0. The first kappa shape index (κ1) is 58.3. The fourth-order valence-corrected chi connectivity index (χ4v) is 13.6. The third-order valence-corrected chi connectivity index (χ3v) is 18.0. The van der Waals surface area contributed by atoms with Gasteiger partial charge in [-0.1, -0.05) is 125 Å². The van der Waals surface area contributed by atoms with E-state index in [-0.39, 0.29) is 56.7 Å². The molecular formula is C63H88N2O10. The van der Waals surface area contributed by atoms with Gasteiger partial charge in [-0.2, -0.15) is 0 Å². The Morgan fingerprint density at radius 2 is 1.63 bits per heavy atom. The van der Waals surface area contributed by atoms with E-state index in [4.69, 9.17) is 0 Å². The number of nitrogens with one attached hydrogen (secondary N) is 2. The Morgan fingerprint density at radius 3 is 2.31 bits per heavy atom. The normalized spacial score (nSPS) is 29.8. The van der Waals surface area contributed by atoms with E-state index in [2.05, 4.69) is 41.5 Å². The highest BCUT2D eigenvalue weighted by Crippen LogP contribution is 2.54. The number of unbranched alkanes of at least 4 members (excludes halogenated alkanes) is 1. The molecule has 8 rings (SSSR count). The van der Waals surface area contributed by atoms with Gasteiger partial charge in [0.1, 0.15) is 5.75 Å². The van der Waals surface area contributed by atoms with Crippen molar-refractivity contribution < 1.29 is 50.8 Å². The summed E-state index contributed by atoms with van der Waals surface area (Å²) in [5.41, 5.74) is 3.30. The fourth-order valence-electron chi connectivity index (χ4n) is 13.6. The maximum atomic E-state index is 14.5. The number of aromatic hydroxyl groups is 1. The highest BCUT2D eigenvalue weighted by molar-refractivity contribution is 5.67. The first-order valence-corrected chi connectivity index (χ1v) is 28.3. The number of aliphatic hydroxyl groups excluding tert-OH is 6. The number of carboxylic acid groups (broad SMARTS) is 1. The molecule has 1 aliphatic carbocycles. The number of carboxylic acids is 1. The molecule has 0 unspecified atom stereocenters. The zero-order chi connectivity index (χ0) is 53.9. The first-order chi connectivity index (χ1) is 35.9. The van der Waals surface area contributed by atoms with E-state index in [0.29, 0.717) is 50.5 Å². The minimum Gasteiger partial charge on any atom is -0.508 e.